The molecule has 36 heavy (non-hydrogen) atoms. The summed E-state index contributed by atoms with van der Waals surface area (Å²) in [6, 6.07) is 14.1. The van der Waals surface area contributed by atoms with Gasteiger partial charge in [-0.2, -0.15) is 0 Å². The van der Waals surface area contributed by atoms with Crippen molar-refractivity contribution < 1.29 is 27.8 Å². The Hall–Kier alpha value is -2.66. The molecule has 1 saturated heterocycles. The van der Waals surface area contributed by atoms with Crippen LogP contribution in [-0.2, 0) is 25.7 Å². The molecule has 1 aliphatic heterocycles. The summed E-state index contributed by atoms with van der Waals surface area (Å²) in [4.78, 5) is 12.8. The van der Waals surface area contributed by atoms with E-state index in [-0.39, 0.29) is 23.3 Å². The first kappa shape index (κ1) is 27.9. The number of aliphatic hydroxyl groups is 1. The van der Waals surface area contributed by atoms with Crippen LogP contribution in [0.5, 0.6) is 0 Å². The summed E-state index contributed by atoms with van der Waals surface area (Å²) in [6.07, 6.45) is -0.922. The van der Waals surface area contributed by atoms with Crippen molar-refractivity contribution in [2.75, 3.05) is 25.5 Å². The molecule has 3 rings (SSSR count). The van der Waals surface area contributed by atoms with E-state index in [0.29, 0.717) is 31.9 Å². The van der Waals surface area contributed by atoms with Crippen LogP contribution in [0, 0.1) is 5.92 Å². The van der Waals surface area contributed by atoms with Gasteiger partial charge in [-0.05, 0) is 61.6 Å². The Morgan fingerprint density at radius 2 is 1.86 bits per heavy atom. The van der Waals surface area contributed by atoms with Crippen LogP contribution in [0.1, 0.15) is 32.3 Å². The lowest BCUT2D eigenvalue weighted by molar-refractivity contribution is -0.0189. The number of hydrogen-bond acceptors (Lipinski definition) is 8. The third kappa shape index (κ3) is 7.92. The van der Waals surface area contributed by atoms with Gasteiger partial charge in [-0.1, -0.05) is 44.2 Å². The van der Waals surface area contributed by atoms with Crippen LogP contribution in [0.2, 0.25) is 0 Å². The lowest BCUT2D eigenvalue weighted by atomic mass is 10.0. The number of aliphatic hydroxyl groups excluding tert-OH is 1. The first-order chi connectivity index (χ1) is 17.2. The van der Waals surface area contributed by atoms with Gasteiger partial charge in [-0.25, -0.2) is 13.2 Å². The Kier molecular flexibility index (Phi) is 10.1. The van der Waals surface area contributed by atoms with Crippen molar-refractivity contribution in [3.05, 3.63) is 60.2 Å². The highest BCUT2D eigenvalue weighted by Crippen LogP contribution is 2.22. The first-order valence-electron chi connectivity index (χ1n) is 12.3. The van der Waals surface area contributed by atoms with E-state index in [1.165, 1.54) is 24.3 Å². The van der Waals surface area contributed by atoms with Crippen LogP contribution < -0.4 is 16.4 Å². The second kappa shape index (κ2) is 13.0. The molecule has 1 heterocycles. The summed E-state index contributed by atoms with van der Waals surface area (Å²) in [5.41, 5.74) is 7.00. The monoisotopic (exact) mass is 519 g/mol. The van der Waals surface area contributed by atoms with Crippen molar-refractivity contribution in [1.29, 1.82) is 0 Å². The summed E-state index contributed by atoms with van der Waals surface area (Å²) in [5.74, 6) is 0.123. The zero-order valence-electron chi connectivity index (χ0n) is 20.8. The SMILES string of the molecule is CC(C)CNC([C@@H](O)[C@H](Cc1ccccc1)NC(=O)O[C@H]1CCCOC1)S(=O)(=O)c1ccc(N)cc1. The highest BCUT2D eigenvalue weighted by molar-refractivity contribution is 7.92. The number of nitrogens with one attached hydrogen (secondary N) is 2. The molecule has 0 aliphatic carbocycles. The smallest absolute Gasteiger partial charge is 0.407 e. The van der Waals surface area contributed by atoms with Gasteiger partial charge in [0, 0.05) is 12.3 Å². The lowest BCUT2D eigenvalue weighted by Gasteiger charge is -2.32. The Balaban J connectivity index is 1.88. The van der Waals surface area contributed by atoms with Crippen molar-refractivity contribution >= 4 is 21.6 Å². The predicted molar refractivity (Wildman–Crippen MR) is 138 cm³/mol. The van der Waals surface area contributed by atoms with Gasteiger partial charge < -0.3 is 25.6 Å². The number of amides is 1. The van der Waals surface area contributed by atoms with Crippen molar-refractivity contribution in [3.63, 3.8) is 0 Å². The summed E-state index contributed by atoms with van der Waals surface area (Å²) < 4.78 is 38.1. The third-order valence-electron chi connectivity index (χ3n) is 5.99. The number of ether oxygens (including phenoxy) is 2. The maximum absolute atomic E-state index is 13.6. The molecule has 198 valence electrons. The van der Waals surface area contributed by atoms with E-state index in [0.717, 1.165) is 12.0 Å². The zero-order valence-corrected chi connectivity index (χ0v) is 21.6. The molecule has 1 fully saturated rings. The normalized spacial score (nSPS) is 18.8. The summed E-state index contributed by atoms with van der Waals surface area (Å²) in [6.45, 7) is 5.16. The molecule has 4 atom stereocenters. The van der Waals surface area contributed by atoms with Crippen molar-refractivity contribution in [2.24, 2.45) is 5.92 Å². The molecule has 0 saturated carbocycles. The van der Waals surface area contributed by atoms with Crippen LogP contribution in [0.3, 0.4) is 0 Å². The van der Waals surface area contributed by atoms with Crippen molar-refractivity contribution in [2.45, 2.75) is 61.6 Å². The number of sulfone groups is 1. The molecule has 9 nitrogen and oxygen atoms in total. The van der Waals surface area contributed by atoms with Gasteiger partial charge in [0.15, 0.2) is 9.84 Å². The van der Waals surface area contributed by atoms with E-state index in [9.17, 15) is 18.3 Å². The number of carbonyl (C=O) groups is 1. The number of nitrogens with two attached hydrogens (primary N) is 1. The molecule has 1 unspecified atom stereocenters. The highest BCUT2D eigenvalue weighted by Gasteiger charge is 2.39. The molecule has 0 aromatic heterocycles. The molecule has 0 bridgehead atoms. The third-order valence-corrected chi connectivity index (χ3v) is 8.03. The molecule has 0 spiro atoms. The number of rotatable bonds is 11. The Bertz CT molecular complexity index is 1060. The van der Waals surface area contributed by atoms with Crippen LogP contribution in [0.25, 0.3) is 0 Å². The molecule has 10 heteroatoms. The van der Waals surface area contributed by atoms with Gasteiger partial charge in [-0.15, -0.1) is 0 Å². The number of alkyl carbamates (subject to hydrolysis) is 1. The minimum absolute atomic E-state index is 0.0254. The number of carbonyl (C=O) groups excluding carboxylic acids is 1. The van der Waals surface area contributed by atoms with Crippen LogP contribution in [-0.4, -0.2) is 63.0 Å². The quantitative estimate of drug-likeness (QED) is 0.332. The number of anilines is 1. The minimum Gasteiger partial charge on any atom is -0.444 e. The Morgan fingerprint density at radius 3 is 2.47 bits per heavy atom. The number of nitrogen functional groups attached to an aromatic ring is 1. The van der Waals surface area contributed by atoms with E-state index in [1.807, 2.05) is 44.2 Å². The Labute approximate surface area is 213 Å². The fourth-order valence-corrected chi connectivity index (χ4v) is 5.73. The fraction of sp³-hybridized carbons (Fsp3) is 0.500. The second-order valence-electron chi connectivity index (χ2n) is 9.51. The number of hydrogen-bond donors (Lipinski definition) is 4. The summed E-state index contributed by atoms with van der Waals surface area (Å²) in [5, 5.41) is 15.8. The largest absolute Gasteiger partial charge is 0.444 e. The van der Waals surface area contributed by atoms with Gasteiger partial charge >= 0.3 is 6.09 Å². The number of benzene rings is 2. The molecular formula is C26H37N3O6S. The van der Waals surface area contributed by atoms with E-state index in [4.69, 9.17) is 15.2 Å². The molecular weight excluding hydrogens is 482 g/mol. The van der Waals surface area contributed by atoms with E-state index < -0.39 is 33.5 Å². The predicted octanol–water partition coefficient (Wildman–Crippen LogP) is 2.49. The topological polar surface area (TPSA) is 140 Å². The molecule has 1 aliphatic rings. The van der Waals surface area contributed by atoms with E-state index in [2.05, 4.69) is 10.6 Å². The average molecular weight is 520 g/mol. The Morgan fingerprint density at radius 1 is 1.17 bits per heavy atom. The van der Waals surface area contributed by atoms with Gasteiger partial charge in [-0.3, -0.25) is 5.32 Å². The standard InChI is InChI=1S/C26H37N3O6S/c1-18(2)16-28-25(36(32,33)22-12-10-20(27)11-13-22)24(30)23(15-19-7-4-3-5-8-19)29-26(31)35-21-9-6-14-34-17-21/h3-5,7-8,10-13,18,21,23-25,28,30H,6,9,14-17,27H2,1-2H3,(H,29,31)/t21-,23-,24-,25?/m0/s1. The van der Waals surface area contributed by atoms with Gasteiger partial charge in [0.2, 0.25) is 0 Å². The lowest BCUT2D eigenvalue weighted by Crippen LogP contribution is -2.57. The first-order valence-corrected chi connectivity index (χ1v) is 13.8. The van der Waals surface area contributed by atoms with Gasteiger partial charge in [0.1, 0.15) is 17.6 Å². The van der Waals surface area contributed by atoms with E-state index in [1.54, 1.807) is 0 Å². The molecule has 2 aromatic carbocycles. The molecule has 2 aromatic rings. The van der Waals surface area contributed by atoms with Gasteiger partial charge in [0.25, 0.3) is 0 Å². The zero-order chi connectivity index (χ0) is 26.1. The molecule has 5 N–H and O–H groups in total. The summed E-state index contributed by atoms with van der Waals surface area (Å²) in [7, 11) is -4.04. The molecule has 1 amide bonds. The van der Waals surface area contributed by atoms with E-state index >= 15 is 0 Å². The van der Waals surface area contributed by atoms with Gasteiger partial charge in [0.05, 0.1) is 17.5 Å². The maximum Gasteiger partial charge on any atom is 0.407 e. The average Bonchev–Trinajstić information content (AvgIpc) is 2.85. The fourth-order valence-electron chi connectivity index (χ4n) is 4.05. The second-order valence-corrected chi connectivity index (χ2v) is 11.6. The molecule has 0 radical (unpaired) electrons. The van der Waals surface area contributed by atoms with Crippen molar-refractivity contribution in [1.82, 2.24) is 10.6 Å². The summed E-state index contributed by atoms with van der Waals surface area (Å²) >= 11 is 0. The van der Waals surface area contributed by atoms with Crippen LogP contribution >= 0.6 is 0 Å². The van der Waals surface area contributed by atoms with Crippen LogP contribution in [0.4, 0.5) is 10.5 Å². The maximum atomic E-state index is 13.6. The minimum atomic E-state index is -4.04. The highest BCUT2D eigenvalue weighted by atomic mass is 32.2. The van der Waals surface area contributed by atoms with Crippen molar-refractivity contribution in [3.8, 4) is 0 Å². The van der Waals surface area contributed by atoms with Crippen LogP contribution in [0.15, 0.2) is 59.5 Å².